The predicted octanol–water partition coefficient (Wildman–Crippen LogP) is 1.16. The molecule has 1 saturated heterocycles. The quantitative estimate of drug-likeness (QED) is 0.703. The molecule has 1 fully saturated rings. The first kappa shape index (κ1) is 10.8. The second kappa shape index (κ2) is 4.29. The van der Waals surface area contributed by atoms with Crippen LogP contribution in [-0.2, 0) is 9.53 Å². The van der Waals surface area contributed by atoms with E-state index in [1.165, 1.54) is 0 Å². The molecule has 4 heteroatoms. The van der Waals surface area contributed by atoms with Crippen molar-refractivity contribution in [3.8, 4) is 0 Å². The molecule has 0 aromatic carbocycles. The summed E-state index contributed by atoms with van der Waals surface area (Å²) in [6.45, 7) is 5.05. The van der Waals surface area contributed by atoms with E-state index in [-0.39, 0.29) is 11.9 Å². The SMILES string of the molecule is CC(C)(CCl)C(=O)NC1CCOC1. The summed E-state index contributed by atoms with van der Waals surface area (Å²) in [5.74, 6) is 0.352. The normalized spacial score (nSPS) is 23.2. The maximum absolute atomic E-state index is 11.6. The molecule has 0 aromatic heterocycles. The van der Waals surface area contributed by atoms with Gasteiger partial charge >= 0.3 is 0 Å². The minimum absolute atomic E-state index is 0.0120. The summed E-state index contributed by atoms with van der Waals surface area (Å²) in [4.78, 5) is 11.6. The summed E-state index contributed by atoms with van der Waals surface area (Å²) in [5.41, 5.74) is -0.482. The molecule has 0 spiro atoms. The van der Waals surface area contributed by atoms with Crippen LogP contribution in [0.2, 0.25) is 0 Å². The van der Waals surface area contributed by atoms with Crippen LogP contribution >= 0.6 is 11.6 Å². The molecule has 0 radical (unpaired) electrons. The average molecular weight is 206 g/mol. The van der Waals surface area contributed by atoms with E-state index in [1.807, 2.05) is 13.8 Å². The van der Waals surface area contributed by atoms with Gasteiger partial charge in [-0.05, 0) is 20.3 Å². The molecule has 1 heterocycles. The van der Waals surface area contributed by atoms with Gasteiger partial charge < -0.3 is 10.1 Å². The summed E-state index contributed by atoms with van der Waals surface area (Å²) in [6, 6.07) is 0.176. The van der Waals surface area contributed by atoms with E-state index in [4.69, 9.17) is 16.3 Å². The third kappa shape index (κ3) is 2.85. The Kier molecular flexibility index (Phi) is 3.56. The number of carbonyl (C=O) groups excluding carboxylic acids is 1. The van der Waals surface area contributed by atoms with Crippen molar-refractivity contribution in [1.29, 1.82) is 0 Å². The Morgan fingerprint density at radius 2 is 2.38 bits per heavy atom. The van der Waals surface area contributed by atoms with Crippen LogP contribution < -0.4 is 5.32 Å². The van der Waals surface area contributed by atoms with Crippen molar-refractivity contribution in [3.63, 3.8) is 0 Å². The number of hydrogen-bond donors (Lipinski definition) is 1. The van der Waals surface area contributed by atoms with Gasteiger partial charge in [-0.25, -0.2) is 0 Å². The molecular formula is C9H16ClNO2. The highest BCUT2D eigenvalue weighted by atomic mass is 35.5. The van der Waals surface area contributed by atoms with E-state index in [1.54, 1.807) is 0 Å². The molecule has 0 bridgehead atoms. The Bertz CT molecular complexity index is 188. The third-order valence-electron chi connectivity index (χ3n) is 2.21. The van der Waals surface area contributed by atoms with Crippen LogP contribution in [0.4, 0.5) is 0 Å². The number of carbonyl (C=O) groups is 1. The molecule has 1 aliphatic rings. The van der Waals surface area contributed by atoms with Crippen molar-refractivity contribution >= 4 is 17.5 Å². The lowest BCUT2D eigenvalue weighted by Crippen LogP contribution is -2.44. The van der Waals surface area contributed by atoms with E-state index in [0.29, 0.717) is 12.5 Å². The van der Waals surface area contributed by atoms with Gasteiger partial charge in [0.15, 0.2) is 0 Å². The Labute approximate surface area is 83.8 Å². The zero-order valence-corrected chi connectivity index (χ0v) is 8.86. The van der Waals surface area contributed by atoms with Gasteiger partial charge in [0, 0.05) is 12.5 Å². The van der Waals surface area contributed by atoms with Crippen molar-refractivity contribution in [2.24, 2.45) is 5.41 Å². The molecule has 76 valence electrons. The summed E-state index contributed by atoms with van der Waals surface area (Å²) in [7, 11) is 0. The van der Waals surface area contributed by atoms with Crippen LogP contribution in [0.5, 0.6) is 0 Å². The first-order chi connectivity index (χ1) is 6.06. The summed E-state index contributed by atoms with van der Waals surface area (Å²) >= 11 is 5.68. The van der Waals surface area contributed by atoms with Gasteiger partial charge in [-0.1, -0.05) is 0 Å². The minimum Gasteiger partial charge on any atom is -0.379 e. The fourth-order valence-corrected chi connectivity index (χ4v) is 1.21. The lowest BCUT2D eigenvalue weighted by atomic mass is 9.95. The van der Waals surface area contributed by atoms with Crippen molar-refractivity contribution in [3.05, 3.63) is 0 Å². The van der Waals surface area contributed by atoms with Crippen LogP contribution in [0, 0.1) is 5.41 Å². The monoisotopic (exact) mass is 205 g/mol. The molecule has 0 aromatic rings. The number of amides is 1. The Balaban J connectivity index is 2.39. The molecular weight excluding hydrogens is 190 g/mol. The topological polar surface area (TPSA) is 38.3 Å². The third-order valence-corrected chi connectivity index (χ3v) is 2.88. The van der Waals surface area contributed by atoms with Crippen molar-refractivity contribution in [2.45, 2.75) is 26.3 Å². The Morgan fingerprint density at radius 3 is 2.85 bits per heavy atom. The van der Waals surface area contributed by atoms with E-state index in [9.17, 15) is 4.79 Å². The summed E-state index contributed by atoms with van der Waals surface area (Å²) in [5, 5.41) is 2.92. The highest BCUT2D eigenvalue weighted by Crippen LogP contribution is 2.18. The Hall–Kier alpha value is -0.280. The molecule has 1 rings (SSSR count). The molecule has 0 saturated carbocycles. The largest absolute Gasteiger partial charge is 0.379 e. The van der Waals surface area contributed by atoms with Crippen LogP contribution in [0.25, 0.3) is 0 Å². The van der Waals surface area contributed by atoms with Crippen molar-refractivity contribution < 1.29 is 9.53 Å². The number of nitrogens with one attached hydrogen (secondary N) is 1. The van der Waals surface area contributed by atoms with Crippen LogP contribution in [0.15, 0.2) is 0 Å². The summed E-state index contributed by atoms with van der Waals surface area (Å²) in [6.07, 6.45) is 0.907. The van der Waals surface area contributed by atoms with Gasteiger partial charge in [-0.15, -0.1) is 11.6 Å². The fraction of sp³-hybridized carbons (Fsp3) is 0.889. The fourth-order valence-electron chi connectivity index (χ4n) is 1.09. The number of rotatable bonds is 3. The average Bonchev–Trinajstić information content (AvgIpc) is 2.57. The highest BCUT2D eigenvalue weighted by Gasteiger charge is 2.29. The zero-order chi connectivity index (χ0) is 9.90. The van der Waals surface area contributed by atoms with E-state index in [0.717, 1.165) is 13.0 Å². The molecule has 3 nitrogen and oxygen atoms in total. The summed E-state index contributed by atoms with van der Waals surface area (Å²) < 4.78 is 5.16. The molecule has 1 amide bonds. The van der Waals surface area contributed by atoms with Gasteiger partial charge in [0.1, 0.15) is 0 Å². The molecule has 1 atom stereocenters. The molecule has 0 aliphatic carbocycles. The first-order valence-corrected chi connectivity index (χ1v) is 5.04. The van der Waals surface area contributed by atoms with Gasteiger partial charge in [0.05, 0.1) is 18.1 Å². The number of hydrogen-bond acceptors (Lipinski definition) is 2. The van der Waals surface area contributed by atoms with Crippen LogP contribution in [0.3, 0.4) is 0 Å². The van der Waals surface area contributed by atoms with E-state index < -0.39 is 5.41 Å². The van der Waals surface area contributed by atoms with E-state index in [2.05, 4.69) is 5.32 Å². The van der Waals surface area contributed by atoms with E-state index >= 15 is 0 Å². The number of alkyl halides is 1. The minimum atomic E-state index is -0.482. The van der Waals surface area contributed by atoms with Crippen LogP contribution in [0.1, 0.15) is 20.3 Å². The zero-order valence-electron chi connectivity index (χ0n) is 8.10. The van der Waals surface area contributed by atoms with Crippen molar-refractivity contribution in [1.82, 2.24) is 5.32 Å². The standard InChI is InChI=1S/C9H16ClNO2/c1-9(2,6-10)8(12)11-7-3-4-13-5-7/h7H,3-6H2,1-2H3,(H,11,12). The second-order valence-electron chi connectivity index (χ2n) is 4.05. The first-order valence-electron chi connectivity index (χ1n) is 4.51. The molecule has 13 heavy (non-hydrogen) atoms. The number of ether oxygens (including phenoxy) is 1. The lowest BCUT2D eigenvalue weighted by Gasteiger charge is -2.22. The smallest absolute Gasteiger partial charge is 0.227 e. The lowest BCUT2D eigenvalue weighted by molar-refractivity contribution is -0.129. The Morgan fingerprint density at radius 1 is 1.69 bits per heavy atom. The van der Waals surface area contributed by atoms with Crippen molar-refractivity contribution in [2.75, 3.05) is 19.1 Å². The molecule has 1 unspecified atom stereocenters. The van der Waals surface area contributed by atoms with Gasteiger partial charge in [0.25, 0.3) is 0 Å². The maximum atomic E-state index is 11.6. The van der Waals surface area contributed by atoms with Gasteiger partial charge in [-0.3, -0.25) is 4.79 Å². The van der Waals surface area contributed by atoms with Gasteiger partial charge in [-0.2, -0.15) is 0 Å². The number of halogens is 1. The second-order valence-corrected chi connectivity index (χ2v) is 4.32. The van der Waals surface area contributed by atoms with Gasteiger partial charge in [0.2, 0.25) is 5.91 Å². The molecule has 1 N–H and O–H groups in total. The highest BCUT2D eigenvalue weighted by molar-refractivity contribution is 6.19. The predicted molar refractivity (Wildman–Crippen MR) is 51.9 cm³/mol. The maximum Gasteiger partial charge on any atom is 0.227 e. The molecule has 1 aliphatic heterocycles. The van der Waals surface area contributed by atoms with Crippen LogP contribution in [-0.4, -0.2) is 31.0 Å².